The number of thiocarbonyl (C=S) groups is 1. The summed E-state index contributed by atoms with van der Waals surface area (Å²) in [5.41, 5.74) is 0. The number of hydrogen-bond donors (Lipinski definition) is 0. The van der Waals surface area contributed by atoms with Gasteiger partial charge in [-0.2, -0.15) is 0 Å². The summed E-state index contributed by atoms with van der Waals surface area (Å²) < 4.78 is 0. The Morgan fingerprint density at radius 3 is 3.18 bits per heavy atom. The molecule has 0 radical (unpaired) electrons. The molecular formula is C8H9NS2. The highest BCUT2D eigenvalue weighted by Gasteiger charge is 1.91. The van der Waals surface area contributed by atoms with Crippen molar-refractivity contribution in [1.29, 1.82) is 0 Å². The van der Waals surface area contributed by atoms with E-state index in [4.69, 9.17) is 0 Å². The molecule has 0 aliphatic rings. The molecular weight excluding hydrogens is 174 g/mol. The predicted molar refractivity (Wildman–Crippen MR) is 52.5 cm³/mol. The third kappa shape index (κ3) is 3.42. The second kappa shape index (κ2) is 5.19. The lowest BCUT2D eigenvalue weighted by Crippen LogP contribution is -1.83. The van der Waals surface area contributed by atoms with Crippen molar-refractivity contribution in [3.63, 3.8) is 0 Å². The van der Waals surface area contributed by atoms with E-state index in [1.54, 1.807) is 11.3 Å². The van der Waals surface area contributed by atoms with E-state index in [0.717, 1.165) is 19.4 Å². The summed E-state index contributed by atoms with van der Waals surface area (Å²) in [6.45, 7) is 0.807. The van der Waals surface area contributed by atoms with E-state index in [1.165, 1.54) is 4.88 Å². The van der Waals surface area contributed by atoms with Crippen LogP contribution >= 0.6 is 23.6 Å². The van der Waals surface area contributed by atoms with Crippen LogP contribution in [0.15, 0.2) is 22.5 Å². The molecule has 0 spiro atoms. The molecule has 0 bridgehead atoms. The quantitative estimate of drug-likeness (QED) is 0.397. The van der Waals surface area contributed by atoms with E-state index in [9.17, 15) is 0 Å². The number of hydrogen-bond acceptors (Lipinski definition) is 3. The van der Waals surface area contributed by atoms with Gasteiger partial charge in [-0.05, 0) is 36.5 Å². The van der Waals surface area contributed by atoms with Gasteiger partial charge in [0.1, 0.15) is 0 Å². The van der Waals surface area contributed by atoms with Gasteiger partial charge in [0.25, 0.3) is 0 Å². The van der Waals surface area contributed by atoms with Crippen molar-refractivity contribution in [2.75, 3.05) is 6.54 Å². The Hall–Kier alpha value is -0.500. The molecule has 0 saturated heterocycles. The molecule has 58 valence electrons. The van der Waals surface area contributed by atoms with Crippen LogP contribution < -0.4 is 0 Å². The molecule has 3 heteroatoms. The van der Waals surface area contributed by atoms with Crippen LogP contribution in [-0.2, 0) is 6.42 Å². The smallest absolute Gasteiger partial charge is 0.0584 e. The maximum atomic E-state index is 4.45. The summed E-state index contributed by atoms with van der Waals surface area (Å²) in [7, 11) is 0. The first-order valence-electron chi connectivity index (χ1n) is 3.49. The second-order valence-electron chi connectivity index (χ2n) is 2.16. The fourth-order valence-electron chi connectivity index (χ4n) is 0.833. The molecule has 1 aromatic heterocycles. The number of nitrogens with zero attached hydrogens (tertiary/aromatic N) is 1. The zero-order chi connectivity index (χ0) is 7.94. The Kier molecular flexibility index (Phi) is 4.06. The molecule has 0 unspecified atom stereocenters. The van der Waals surface area contributed by atoms with E-state index < -0.39 is 0 Å². The summed E-state index contributed by atoms with van der Waals surface area (Å²) in [5.74, 6) is 0. The number of thiophene rings is 1. The zero-order valence-electron chi connectivity index (χ0n) is 6.12. The molecule has 1 nitrogen and oxygen atoms in total. The summed E-state index contributed by atoms with van der Waals surface area (Å²) in [5, 5.41) is 4.45. The van der Waals surface area contributed by atoms with Crippen LogP contribution in [0, 0.1) is 0 Å². The standard InChI is InChI=1S/C8H9NS2/c10-7-9-5-1-3-8-4-2-6-11-8/h2,4,6H,1,3,5H2. The monoisotopic (exact) mass is 183 g/mol. The minimum Gasteiger partial charge on any atom is -0.233 e. The normalized spacial score (nSPS) is 9.09. The van der Waals surface area contributed by atoms with Gasteiger partial charge in [0.15, 0.2) is 0 Å². The fraction of sp³-hybridized carbons (Fsp3) is 0.375. The van der Waals surface area contributed by atoms with Crippen molar-refractivity contribution in [3.8, 4) is 0 Å². The first-order chi connectivity index (χ1) is 5.43. The molecule has 1 rings (SSSR count). The fourth-order valence-corrected chi connectivity index (χ4v) is 1.68. The van der Waals surface area contributed by atoms with E-state index in [1.807, 2.05) is 0 Å². The molecule has 0 amide bonds. The Morgan fingerprint density at radius 2 is 2.55 bits per heavy atom. The molecule has 0 aromatic carbocycles. The summed E-state index contributed by atoms with van der Waals surface area (Å²) in [6.07, 6.45) is 2.18. The predicted octanol–water partition coefficient (Wildman–Crippen LogP) is 2.78. The van der Waals surface area contributed by atoms with Crippen LogP contribution in [0.5, 0.6) is 0 Å². The van der Waals surface area contributed by atoms with Crippen LogP contribution in [0.2, 0.25) is 0 Å². The maximum absolute atomic E-state index is 4.45. The Balaban J connectivity index is 2.18. The van der Waals surface area contributed by atoms with Crippen LogP contribution in [0.25, 0.3) is 0 Å². The van der Waals surface area contributed by atoms with Gasteiger partial charge < -0.3 is 0 Å². The lowest BCUT2D eigenvalue weighted by atomic mass is 10.3. The summed E-state index contributed by atoms with van der Waals surface area (Å²) in [6, 6.07) is 4.22. The lowest BCUT2D eigenvalue weighted by Gasteiger charge is -1.90. The van der Waals surface area contributed by atoms with Gasteiger partial charge in [-0.15, -0.1) is 11.3 Å². The number of rotatable bonds is 4. The molecule has 1 heterocycles. The topological polar surface area (TPSA) is 12.4 Å². The van der Waals surface area contributed by atoms with Gasteiger partial charge >= 0.3 is 0 Å². The molecule has 0 atom stereocenters. The summed E-state index contributed by atoms with van der Waals surface area (Å²) >= 11 is 6.24. The third-order valence-corrected chi connectivity index (χ3v) is 2.40. The molecule has 0 aliphatic heterocycles. The Labute approximate surface area is 75.8 Å². The Morgan fingerprint density at radius 1 is 1.64 bits per heavy atom. The minimum atomic E-state index is 0.807. The van der Waals surface area contributed by atoms with Gasteiger partial charge in [-0.25, -0.2) is 4.99 Å². The second-order valence-corrected chi connectivity index (χ2v) is 3.37. The number of aryl methyl sites for hydroxylation is 1. The number of isothiocyanates is 1. The minimum absolute atomic E-state index is 0.807. The molecule has 0 saturated carbocycles. The zero-order valence-corrected chi connectivity index (χ0v) is 7.75. The highest BCUT2D eigenvalue weighted by molar-refractivity contribution is 7.78. The first kappa shape index (κ1) is 8.60. The van der Waals surface area contributed by atoms with Crippen LogP contribution in [0.4, 0.5) is 0 Å². The van der Waals surface area contributed by atoms with E-state index in [2.05, 4.69) is 39.9 Å². The third-order valence-electron chi connectivity index (χ3n) is 1.34. The Bertz CT molecular complexity index is 235. The SMILES string of the molecule is S=C=NCCCc1cccs1. The average molecular weight is 183 g/mol. The van der Waals surface area contributed by atoms with Crippen molar-refractivity contribution < 1.29 is 0 Å². The summed E-state index contributed by atoms with van der Waals surface area (Å²) in [4.78, 5) is 5.26. The van der Waals surface area contributed by atoms with Crippen molar-refractivity contribution in [3.05, 3.63) is 22.4 Å². The van der Waals surface area contributed by atoms with E-state index in [0.29, 0.717) is 0 Å². The molecule has 0 aliphatic carbocycles. The van der Waals surface area contributed by atoms with Gasteiger partial charge in [0, 0.05) is 11.4 Å². The molecule has 1 aromatic rings. The van der Waals surface area contributed by atoms with Gasteiger partial charge in [-0.3, -0.25) is 0 Å². The van der Waals surface area contributed by atoms with Crippen LogP contribution in [0.3, 0.4) is 0 Å². The van der Waals surface area contributed by atoms with Gasteiger partial charge in [0.2, 0.25) is 0 Å². The molecule has 11 heavy (non-hydrogen) atoms. The van der Waals surface area contributed by atoms with Gasteiger partial charge in [0.05, 0.1) is 5.16 Å². The average Bonchev–Trinajstić information content (AvgIpc) is 2.50. The molecule has 0 N–H and O–H groups in total. The first-order valence-corrected chi connectivity index (χ1v) is 4.78. The van der Waals surface area contributed by atoms with E-state index in [-0.39, 0.29) is 0 Å². The number of aliphatic imine (C=N–C) groups is 1. The van der Waals surface area contributed by atoms with E-state index >= 15 is 0 Å². The highest BCUT2D eigenvalue weighted by atomic mass is 32.1. The van der Waals surface area contributed by atoms with Crippen molar-refractivity contribution in [1.82, 2.24) is 0 Å². The lowest BCUT2D eigenvalue weighted by molar-refractivity contribution is 0.848. The van der Waals surface area contributed by atoms with Crippen LogP contribution in [0.1, 0.15) is 11.3 Å². The van der Waals surface area contributed by atoms with Crippen molar-refractivity contribution in [2.24, 2.45) is 4.99 Å². The van der Waals surface area contributed by atoms with Gasteiger partial charge in [-0.1, -0.05) is 6.07 Å². The molecule has 0 fully saturated rings. The highest BCUT2D eigenvalue weighted by Crippen LogP contribution is 2.10. The largest absolute Gasteiger partial charge is 0.233 e. The van der Waals surface area contributed by atoms with Crippen LogP contribution in [-0.4, -0.2) is 11.7 Å². The van der Waals surface area contributed by atoms with Crippen molar-refractivity contribution >= 4 is 28.7 Å². The van der Waals surface area contributed by atoms with Crippen molar-refractivity contribution in [2.45, 2.75) is 12.8 Å². The maximum Gasteiger partial charge on any atom is 0.0584 e.